The number of aryl methyl sites for hydroxylation is 2. The van der Waals surface area contributed by atoms with Gasteiger partial charge in [0.15, 0.2) is 0 Å². The van der Waals surface area contributed by atoms with Gasteiger partial charge in [0.1, 0.15) is 5.75 Å². The number of phenolic OH excluding ortho intramolecular Hbond substituents is 1. The molecule has 6 unspecified atom stereocenters. The van der Waals surface area contributed by atoms with Crippen molar-refractivity contribution in [3.8, 4) is 5.75 Å². The van der Waals surface area contributed by atoms with E-state index in [4.69, 9.17) is 0 Å². The Balaban J connectivity index is 1.32. The van der Waals surface area contributed by atoms with E-state index in [0.717, 1.165) is 28.1 Å². The number of nitrogens with zero attached hydrogens (tertiary/aromatic N) is 2. The molecule has 2 aliphatic carbocycles. The van der Waals surface area contributed by atoms with E-state index in [1.807, 2.05) is 110 Å². The normalized spacial score (nSPS) is 26.5. The number of hydrogen-bond acceptors (Lipinski definition) is 6. The van der Waals surface area contributed by atoms with Crippen LogP contribution in [0, 0.1) is 30.6 Å². The summed E-state index contributed by atoms with van der Waals surface area (Å²) in [4.78, 5) is 60.2. The van der Waals surface area contributed by atoms with E-state index in [-0.39, 0.29) is 24.0 Å². The van der Waals surface area contributed by atoms with Gasteiger partial charge < -0.3 is 5.11 Å². The van der Waals surface area contributed by atoms with Crippen LogP contribution in [-0.2, 0) is 37.4 Å². The molecule has 6 atom stereocenters. The van der Waals surface area contributed by atoms with Crippen LogP contribution < -0.4 is 10.3 Å². The first-order valence-corrected chi connectivity index (χ1v) is 18.1. The average Bonchev–Trinajstić information content (AvgIpc) is 3.54. The Morgan fingerprint density at radius 2 is 1.60 bits per heavy atom. The van der Waals surface area contributed by atoms with Gasteiger partial charge in [-0.05, 0) is 79.5 Å². The highest BCUT2D eigenvalue weighted by atomic mass is 16.3. The zero-order valence-corrected chi connectivity index (χ0v) is 29.3. The van der Waals surface area contributed by atoms with Gasteiger partial charge in [0.25, 0.3) is 11.8 Å². The number of carbonyl (C=O) groups is 4. The highest BCUT2D eigenvalue weighted by Crippen LogP contribution is 2.65. The average molecular weight is 692 g/mol. The second-order valence-electron chi connectivity index (χ2n) is 14.5. The fourth-order valence-corrected chi connectivity index (χ4v) is 9.39. The van der Waals surface area contributed by atoms with Gasteiger partial charge in [-0.25, -0.2) is 0 Å². The summed E-state index contributed by atoms with van der Waals surface area (Å²) in [5.41, 5.74) is 7.51. The van der Waals surface area contributed by atoms with E-state index >= 15 is 4.79 Å². The summed E-state index contributed by atoms with van der Waals surface area (Å²) < 4.78 is 0. The van der Waals surface area contributed by atoms with Gasteiger partial charge in [-0.1, -0.05) is 103 Å². The first kappa shape index (κ1) is 33.4. The highest BCUT2D eigenvalue weighted by Gasteiger charge is 2.70. The zero-order chi connectivity index (χ0) is 36.3. The van der Waals surface area contributed by atoms with Crippen molar-refractivity contribution >= 4 is 35.0 Å². The summed E-state index contributed by atoms with van der Waals surface area (Å²) >= 11 is 0. The van der Waals surface area contributed by atoms with E-state index in [1.54, 1.807) is 6.08 Å². The van der Waals surface area contributed by atoms with Crippen molar-refractivity contribution in [1.29, 1.82) is 0 Å². The number of benzene rings is 4. The summed E-state index contributed by atoms with van der Waals surface area (Å²) in [5.74, 6) is -4.94. The van der Waals surface area contributed by atoms with Gasteiger partial charge in [0, 0.05) is 11.5 Å². The van der Waals surface area contributed by atoms with Gasteiger partial charge >= 0.3 is 0 Å². The lowest BCUT2D eigenvalue weighted by Gasteiger charge is -2.50. The van der Waals surface area contributed by atoms with E-state index in [0.29, 0.717) is 40.9 Å². The number of phenols is 1. The molecule has 0 radical (unpaired) electrons. The first-order chi connectivity index (χ1) is 25.2. The molecule has 3 fully saturated rings. The maximum absolute atomic E-state index is 15.3. The Labute approximate surface area is 303 Å². The molecule has 262 valence electrons. The Hall–Kier alpha value is -5.76. The summed E-state index contributed by atoms with van der Waals surface area (Å²) in [6.45, 7) is 7.89. The van der Waals surface area contributed by atoms with Crippen LogP contribution in [0.25, 0.3) is 0 Å². The van der Waals surface area contributed by atoms with Crippen LogP contribution in [0.2, 0.25) is 0 Å². The molecule has 2 saturated heterocycles. The Bertz CT molecular complexity index is 2140. The molecular formula is C44H41N3O5. The van der Waals surface area contributed by atoms with Crippen LogP contribution in [0.1, 0.15) is 53.5 Å². The maximum Gasteiger partial charge on any atom is 0.260 e. The van der Waals surface area contributed by atoms with Gasteiger partial charge in [0.2, 0.25) is 11.8 Å². The van der Waals surface area contributed by atoms with E-state index < -0.39 is 46.8 Å². The standard InChI is InChI=1S/C44H41N3O5/c1-4-10-28-11-9-14-34(39(28)48)38-32-23-24-33-37(42(51)46(40(33)49)31-21-17-27(5-2)18-22-31)35(32)25-36-41(50)47(45-30-19-15-26(3)16-20-30)43(52)44(36,38)29-12-7-6-8-13-29/h4,6-9,11-23,33,35-38,45,48H,1,5,10,24-25H2,2-3H3. The minimum Gasteiger partial charge on any atom is -0.507 e. The number of rotatable bonds is 8. The molecule has 4 aromatic rings. The summed E-state index contributed by atoms with van der Waals surface area (Å²) in [7, 11) is 0. The fraction of sp³-hybridized carbons (Fsp3) is 0.273. The van der Waals surface area contributed by atoms with Crippen LogP contribution in [0.3, 0.4) is 0 Å². The largest absolute Gasteiger partial charge is 0.507 e. The SMILES string of the molecule is C=CCc1cccc(C2C3=CCC4C(=O)N(c5ccc(CC)cc5)C(=O)C4C3CC3C(=O)N(Nc4ccc(C)cc4)C(=O)C32c2ccccc2)c1O. The Morgan fingerprint density at radius 1 is 0.865 bits per heavy atom. The number of fused-ring (bicyclic) bond motifs is 4. The number of imide groups is 2. The summed E-state index contributed by atoms with van der Waals surface area (Å²) in [6.07, 6.45) is 5.44. The highest BCUT2D eigenvalue weighted by molar-refractivity contribution is 6.22. The first-order valence-electron chi connectivity index (χ1n) is 18.1. The molecule has 0 aromatic heterocycles. The monoisotopic (exact) mass is 691 g/mol. The number of allylic oxidation sites excluding steroid dienone is 3. The second kappa shape index (κ2) is 12.8. The second-order valence-corrected chi connectivity index (χ2v) is 14.5. The summed E-state index contributed by atoms with van der Waals surface area (Å²) in [5, 5.41) is 13.1. The smallest absolute Gasteiger partial charge is 0.260 e. The van der Waals surface area contributed by atoms with Crippen molar-refractivity contribution in [1.82, 2.24) is 5.01 Å². The molecule has 4 aromatic carbocycles. The lowest BCUT2D eigenvalue weighted by molar-refractivity contribution is -0.138. The summed E-state index contributed by atoms with van der Waals surface area (Å²) in [6, 6.07) is 29.8. The third-order valence-electron chi connectivity index (χ3n) is 11.8. The molecule has 4 amide bonds. The van der Waals surface area contributed by atoms with Crippen molar-refractivity contribution in [2.75, 3.05) is 10.3 Å². The number of nitrogens with one attached hydrogen (secondary N) is 1. The molecule has 2 N–H and O–H groups in total. The van der Waals surface area contributed by atoms with Gasteiger partial charge in [-0.2, -0.15) is 5.01 Å². The van der Waals surface area contributed by atoms with Crippen LogP contribution in [-0.4, -0.2) is 33.7 Å². The number of carbonyl (C=O) groups excluding carboxylic acids is 4. The van der Waals surface area contributed by atoms with Gasteiger partial charge in [-0.15, -0.1) is 6.58 Å². The third-order valence-corrected chi connectivity index (χ3v) is 11.8. The molecule has 1 saturated carbocycles. The molecule has 52 heavy (non-hydrogen) atoms. The quantitative estimate of drug-likeness (QED) is 0.150. The van der Waals surface area contributed by atoms with Crippen molar-refractivity contribution in [3.63, 3.8) is 0 Å². The molecule has 8 rings (SSSR count). The molecule has 2 heterocycles. The fourth-order valence-electron chi connectivity index (χ4n) is 9.39. The number of aromatic hydroxyl groups is 1. The van der Waals surface area contributed by atoms with Crippen LogP contribution in [0.15, 0.2) is 121 Å². The van der Waals surface area contributed by atoms with Crippen LogP contribution in [0.4, 0.5) is 11.4 Å². The molecule has 8 heteroatoms. The molecule has 8 nitrogen and oxygen atoms in total. The van der Waals surface area contributed by atoms with Crippen molar-refractivity contribution in [3.05, 3.63) is 149 Å². The Kier molecular flexibility index (Phi) is 8.20. The molecular weight excluding hydrogens is 651 g/mol. The van der Waals surface area contributed by atoms with Gasteiger partial charge in [0.05, 0.1) is 34.5 Å². The lowest BCUT2D eigenvalue weighted by atomic mass is 9.49. The van der Waals surface area contributed by atoms with E-state index in [9.17, 15) is 19.5 Å². The zero-order valence-electron chi connectivity index (χ0n) is 29.3. The third kappa shape index (κ3) is 4.88. The van der Waals surface area contributed by atoms with E-state index in [1.165, 1.54) is 4.90 Å². The van der Waals surface area contributed by atoms with E-state index in [2.05, 4.69) is 18.9 Å². The van der Waals surface area contributed by atoms with Crippen molar-refractivity contribution in [2.24, 2.45) is 23.7 Å². The topological polar surface area (TPSA) is 107 Å². The predicted molar refractivity (Wildman–Crippen MR) is 199 cm³/mol. The van der Waals surface area contributed by atoms with Crippen LogP contribution in [0.5, 0.6) is 5.75 Å². The van der Waals surface area contributed by atoms with Crippen LogP contribution >= 0.6 is 0 Å². The molecule has 0 spiro atoms. The lowest BCUT2D eigenvalue weighted by Crippen LogP contribution is -2.53. The minimum atomic E-state index is -1.46. The number of hydrogen-bond donors (Lipinski definition) is 2. The van der Waals surface area contributed by atoms with Gasteiger partial charge in [-0.3, -0.25) is 29.5 Å². The maximum atomic E-state index is 15.3. The number of para-hydroxylation sites is 1. The minimum absolute atomic E-state index is 0.0294. The van der Waals surface area contributed by atoms with Crippen molar-refractivity contribution < 1.29 is 24.3 Å². The number of amides is 4. The molecule has 4 aliphatic rings. The predicted octanol–water partition coefficient (Wildman–Crippen LogP) is 7.18. The Morgan fingerprint density at radius 3 is 2.29 bits per heavy atom. The molecule has 2 aliphatic heterocycles. The number of anilines is 2. The number of hydrazine groups is 1. The molecule has 0 bridgehead atoms. The van der Waals surface area contributed by atoms with Crippen molar-refractivity contribution in [2.45, 2.75) is 50.9 Å².